The zero-order valence-electron chi connectivity index (χ0n) is 9.55. The summed E-state index contributed by atoms with van der Waals surface area (Å²) in [6, 6.07) is 0. The Balaban J connectivity index is 2.46. The van der Waals surface area contributed by atoms with Crippen LogP contribution in [0.1, 0.15) is 24.3 Å². The van der Waals surface area contributed by atoms with Gasteiger partial charge in [-0.2, -0.15) is 0 Å². The standard InChI is InChI=1S/C11H14N4O/c1-7-9(8(2)16)4-13-11(14-7)10-5-12-6-15(10)3/h4-6,8,16H,1-3H3/t8-/m1/s1. The fourth-order valence-electron chi connectivity index (χ4n) is 1.58. The molecular formula is C11H14N4O. The van der Waals surface area contributed by atoms with Gasteiger partial charge in [0.05, 0.1) is 18.6 Å². The number of aryl methyl sites for hydroxylation is 2. The second kappa shape index (κ2) is 4.02. The number of imidazole rings is 1. The Hall–Kier alpha value is -1.75. The lowest BCUT2D eigenvalue weighted by atomic mass is 10.1. The van der Waals surface area contributed by atoms with Crippen molar-refractivity contribution in [3.63, 3.8) is 0 Å². The molecule has 0 amide bonds. The van der Waals surface area contributed by atoms with E-state index in [9.17, 15) is 5.11 Å². The van der Waals surface area contributed by atoms with Crippen molar-refractivity contribution in [3.05, 3.63) is 30.0 Å². The van der Waals surface area contributed by atoms with Crippen LogP contribution in [-0.4, -0.2) is 24.6 Å². The molecule has 2 heterocycles. The number of hydrogen-bond acceptors (Lipinski definition) is 4. The zero-order chi connectivity index (χ0) is 11.7. The SMILES string of the molecule is Cc1nc(-c2cncn2C)ncc1[C@@H](C)O. The van der Waals surface area contributed by atoms with Crippen molar-refractivity contribution in [2.75, 3.05) is 0 Å². The van der Waals surface area contributed by atoms with E-state index >= 15 is 0 Å². The summed E-state index contributed by atoms with van der Waals surface area (Å²) in [5.74, 6) is 0.627. The third kappa shape index (κ3) is 1.81. The predicted molar refractivity (Wildman–Crippen MR) is 59.6 cm³/mol. The number of nitrogens with zero attached hydrogens (tertiary/aromatic N) is 4. The van der Waals surface area contributed by atoms with Crippen molar-refractivity contribution in [2.45, 2.75) is 20.0 Å². The zero-order valence-corrected chi connectivity index (χ0v) is 9.55. The first-order chi connectivity index (χ1) is 7.59. The first-order valence-corrected chi connectivity index (χ1v) is 5.08. The summed E-state index contributed by atoms with van der Waals surface area (Å²) in [6.45, 7) is 3.57. The first-order valence-electron chi connectivity index (χ1n) is 5.08. The predicted octanol–water partition coefficient (Wildman–Crippen LogP) is 1.24. The monoisotopic (exact) mass is 218 g/mol. The van der Waals surface area contributed by atoms with Crippen LogP contribution in [0.2, 0.25) is 0 Å². The second-order valence-corrected chi connectivity index (χ2v) is 3.80. The summed E-state index contributed by atoms with van der Waals surface area (Å²) in [5.41, 5.74) is 2.41. The number of hydrogen-bond donors (Lipinski definition) is 1. The molecule has 0 saturated carbocycles. The van der Waals surface area contributed by atoms with Gasteiger partial charge in [0.25, 0.3) is 0 Å². The van der Waals surface area contributed by atoms with Gasteiger partial charge in [-0.15, -0.1) is 0 Å². The summed E-state index contributed by atoms with van der Waals surface area (Å²) in [4.78, 5) is 12.6. The van der Waals surface area contributed by atoms with Gasteiger partial charge in [0.2, 0.25) is 0 Å². The Kier molecular flexibility index (Phi) is 2.70. The lowest BCUT2D eigenvalue weighted by Gasteiger charge is -2.08. The molecule has 1 N–H and O–H groups in total. The molecule has 1 atom stereocenters. The van der Waals surface area contributed by atoms with E-state index in [1.54, 1.807) is 25.6 Å². The van der Waals surface area contributed by atoms with Crippen LogP contribution in [0, 0.1) is 6.92 Å². The Bertz CT molecular complexity index is 504. The summed E-state index contributed by atoms with van der Waals surface area (Å²) in [7, 11) is 1.89. The molecule has 2 rings (SSSR count). The maximum Gasteiger partial charge on any atom is 0.178 e. The van der Waals surface area contributed by atoms with Crippen molar-refractivity contribution < 1.29 is 5.11 Å². The molecule has 0 aliphatic heterocycles. The fraction of sp³-hybridized carbons (Fsp3) is 0.364. The Labute approximate surface area is 93.8 Å². The lowest BCUT2D eigenvalue weighted by Crippen LogP contribution is -2.02. The van der Waals surface area contributed by atoms with E-state index in [4.69, 9.17) is 0 Å². The van der Waals surface area contributed by atoms with Gasteiger partial charge >= 0.3 is 0 Å². The van der Waals surface area contributed by atoms with Gasteiger partial charge in [0.15, 0.2) is 5.82 Å². The molecular weight excluding hydrogens is 204 g/mol. The summed E-state index contributed by atoms with van der Waals surface area (Å²) in [5, 5.41) is 9.48. The van der Waals surface area contributed by atoms with Crippen molar-refractivity contribution in [3.8, 4) is 11.5 Å². The summed E-state index contributed by atoms with van der Waals surface area (Å²) >= 11 is 0. The molecule has 0 aliphatic carbocycles. The largest absolute Gasteiger partial charge is 0.389 e. The topological polar surface area (TPSA) is 63.8 Å². The molecule has 0 bridgehead atoms. The molecule has 5 nitrogen and oxygen atoms in total. The Morgan fingerprint density at radius 1 is 1.38 bits per heavy atom. The van der Waals surface area contributed by atoms with E-state index in [1.807, 2.05) is 18.5 Å². The minimum Gasteiger partial charge on any atom is -0.389 e. The van der Waals surface area contributed by atoms with Crippen LogP contribution in [0.3, 0.4) is 0 Å². The quantitative estimate of drug-likeness (QED) is 0.823. The molecule has 0 spiro atoms. The van der Waals surface area contributed by atoms with Gasteiger partial charge in [0.1, 0.15) is 5.69 Å². The van der Waals surface area contributed by atoms with Gasteiger partial charge in [0, 0.05) is 24.5 Å². The maximum absolute atomic E-state index is 9.48. The molecule has 16 heavy (non-hydrogen) atoms. The minimum atomic E-state index is -0.541. The normalized spacial score (nSPS) is 12.8. The highest BCUT2D eigenvalue weighted by atomic mass is 16.3. The Morgan fingerprint density at radius 3 is 2.62 bits per heavy atom. The molecule has 0 aliphatic rings. The van der Waals surface area contributed by atoms with Crippen molar-refractivity contribution >= 4 is 0 Å². The molecule has 0 fully saturated rings. The van der Waals surface area contributed by atoms with Crippen LogP contribution in [0.5, 0.6) is 0 Å². The number of aliphatic hydroxyl groups is 1. The van der Waals surface area contributed by atoms with Crippen molar-refractivity contribution in [1.82, 2.24) is 19.5 Å². The van der Waals surface area contributed by atoms with Crippen molar-refractivity contribution in [2.24, 2.45) is 7.05 Å². The number of rotatable bonds is 2. The van der Waals surface area contributed by atoms with E-state index in [-0.39, 0.29) is 0 Å². The van der Waals surface area contributed by atoms with Gasteiger partial charge < -0.3 is 9.67 Å². The highest BCUT2D eigenvalue weighted by Crippen LogP contribution is 2.18. The van der Waals surface area contributed by atoms with Crippen LogP contribution < -0.4 is 0 Å². The van der Waals surface area contributed by atoms with Gasteiger partial charge in [-0.05, 0) is 13.8 Å². The van der Waals surface area contributed by atoms with Crippen LogP contribution in [0.15, 0.2) is 18.7 Å². The van der Waals surface area contributed by atoms with Crippen LogP contribution >= 0.6 is 0 Å². The molecule has 0 saturated heterocycles. The van der Waals surface area contributed by atoms with Crippen LogP contribution in [0.25, 0.3) is 11.5 Å². The summed E-state index contributed by atoms with van der Waals surface area (Å²) < 4.78 is 1.86. The lowest BCUT2D eigenvalue weighted by molar-refractivity contribution is 0.197. The average Bonchev–Trinajstić information content (AvgIpc) is 2.63. The molecule has 5 heteroatoms. The first kappa shape index (κ1) is 10.8. The molecule has 2 aromatic heterocycles. The van der Waals surface area contributed by atoms with Gasteiger partial charge in [-0.3, -0.25) is 0 Å². The third-order valence-electron chi connectivity index (χ3n) is 2.51. The summed E-state index contributed by atoms with van der Waals surface area (Å²) in [6.07, 6.45) is 4.54. The third-order valence-corrected chi connectivity index (χ3v) is 2.51. The maximum atomic E-state index is 9.48. The van der Waals surface area contributed by atoms with Crippen LogP contribution in [-0.2, 0) is 7.05 Å². The molecule has 0 unspecified atom stereocenters. The molecule has 0 aromatic carbocycles. The average molecular weight is 218 g/mol. The second-order valence-electron chi connectivity index (χ2n) is 3.80. The van der Waals surface area contributed by atoms with E-state index in [0.29, 0.717) is 5.82 Å². The fourth-order valence-corrected chi connectivity index (χ4v) is 1.58. The van der Waals surface area contributed by atoms with E-state index in [0.717, 1.165) is 17.0 Å². The van der Waals surface area contributed by atoms with Gasteiger partial charge in [-0.1, -0.05) is 0 Å². The number of aromatic nitrogens is 4. The highest BCUT2D eigenvalue weighted by Gasteiger charge is 2.10. The van der Waals surface area contributed by atoms with E-state index in [2.05, 4.69) is 15.0 Å². The molecule has 84 valence electrons. The van der Waals surface area contributed by atoms with Crippen molar-refractivity contribution in [1.29, 1.82) is 0 Å². The van der Waals surface area contributed by atoms with E-state index in [1.165, 1.54) is 0 Å². The van der Waals surface area contributed by atoms with Gasteiger partial charge in [-0.25, -0.2) is 15.0 Å². The Morgan fingerprint density at radius 2 is 2.12 bits per heavy atom. The van der Waals surface area contributed by atoms with E-state index < -0.39 is 6.10 Å². The molecule has 0 radical (unpaired) electrons. The smallest absolute Gasteiger partial charge is 0.178 e. The minimum absolute atomic E-state index is 0.541. The highest BCUT2D eigenvalue weighted by molar-refractivity contribution is 5.48. The number of aliphatic hydroxyl groups excluding tert-OH is 1. The van der Waals surface area contributed by atoms with Crippen LogP contribution in [0.4, 0.5) is 0 Å². The molecule has 2 aromatic rings.